The molecule has 0 saturated carbocycles. The lowest BCUT2D eigenvalue weighted by molar-refractivity contribution is 0.0684. The molecule has 1 aromatic heterocycles. The first-order valence-electron chi connectivity index (χ1n) is 6.37. The van der Waals surface area contributed by atoms with Gasteiger partial charge in [-0.2, -0.15) is 0 Å². The van der Waals surface area contributed by atoms with Crippen molar-refractivity contribution < 1.29 is 14.6 Å². The zero-order valence-electron chi connectivity index (χ0n) is 11.8. The van der Waals surface area contributed by atoms with Crippen LogP contribution in [0.3, 0.4) is 0 Å². The van der Waals surface area contributed by atoms with Gasteiger partial charge in [0.2, 0.25) is 0 Å². The number of ether oxygens (including phenoxy) is 1. The van der Waals surface area contributed by atoms with E-state index in [0.29, 0.717) is 18.1 Å². The van der Waals surface area contributed by atoms with Crippen LogP contribution in [0.25, 0.3) is 0 Å². The van der Waals surface area contributed by atoms with E-state index in [9.17, 15) is 4.79 Å². The Morgan fingerprint density at radius 3 is 2.65 bits per heavy atom. The van der Waals surface area contributed by atoms with Crippen LogP contribution in [0.1, 0.15) is 32.9 Å². The second-order valence-corrected chi connectivity index (χ2v) is 4.82. The highest BCUT2D eigenvalue weighted by Crippen LogP contribution is 2.20. The van der Waals surface area contributed by atoms with Gasteiger partial charge >= 0.3 is 5.97 Å². The summed E-state index contributed by atoms with van der Waals surface area (Å²) in [4.78, 5) is 15.2. The van der Waals surface area contributed by atoms with E-state index < -0.39 is 5.97 Å². The molecule has 4 nitrogen and oxygen atoms in total. The highest BCUT2D eigenvalue weighted by Gasteiger charge is 2.13. The number of nitrogens with zero attached hydrogens (tertiary/aromatic N) is 1. The summed E-state index contributed by atoms with van der Waals surface area (Å²) < 4.78 is 5.63. The molecular formula is C16H17NO3. The molecule has 1 N–H and O–H groups in total. The first kappa shape index (κ1) is 14.1. The van der Waals surface area contributed by atoms with Gasteiger partial charge in [-0.3, -0.25) is 0 Å². The zero-order chi connectivity index (χ0) is 14.7. The van der Waals surface area contributed by atoms with E-state index in [1.165, 1.54) is 0 Å². The molecule has 0 unspecified atom stereocenters. The number of hydrogen-bond donors (Lipinski definition) is 1. The number of aromatic carboxylic acids is 1. The Morgan fingerprint density at radius 2 is 1.95 bits per heavy atom. The Kier molecular flexibility index (Phi) is 4.03. The van der Waals surface area contributed by atoms with Crippen LogP contribution in [0.4, 0.5) is 0 Å². The average molecular weight is 271 g/mol. The lowest BCUT2D eigenvalue weighted by Crippen LogP contribution is -2.07. The van der Waals surface area contributed by atoms with Crippen molar-refractivity contribution in [3.63, 3.8) is 0 Å². The molecule has 0 fully saturated rings. The summed E-state index contributed by atoms with van der Waals surface area (Å²) in [7, 11) is 0. The van der Waals surface area contributed by atoms with E-state index in [2.05, 4.69) is 4.98 Å². The highest BCUT2D eigenvalue weighted by molar-refractivity contribution is 5.88. The minimum absolute atomic E-state index is 0.0460. The molecule has 4 heteroatoms. The van der Waals surface area contributed by atoms with E-state index >= 15 is 0 Å². The van der Waals surface area contributed by atoms with E-state index in [1.807, 2.05) is 32.0 Å². The maximum Gasteiger partial charge on any atom is 0.358 e. The molecule has 0 spiro atoms. The fraction of sp³-hybridized carbons (Fsp3) is 0.250. The Hall–Kier alpha value is -2.36. The van der Waals surface area contributed by atoms with Gasteiger partial charge in [0.1, 0.15) is 6.61 Å². The molecule has 0 aliphatic carbocycles. The number of rotatable bonds is 4. The first-order chi connectivity index (χ1) is 9.47. The molecule has 0 amide bonds. The number of aromatic nitrogens is 1. The van der Waals surface area contributed by atoms with E-state index in [-0.39, 0.29) is 5.69 Å². The van der Waals surface area contributed by atoms with Crippen molar-refractivity contribution in [3.8, 4) is 5.75 Å². The van der Waals surface area contributed by atoms with Crippen molar-refractivity contribution in [1.82, 2.24) is 4.98 Å². The Balaban J connectivity index is 2.23. The number of carboxylic acid groups (broad SMARTS) is 1. The maximum atomic E-state index is 11.2. The smallest absolute Gasteiger partial charge is 0.358 e. The van der Waals surface area contributed by atoms with Crippen molar-refractivity contribution in [1.29, 1.82) is 0 Å². The van der Waals surface area contributed by atoms with E-state index in [0.717, 1.165) is 16.7 Å². The zero-order valence-corrected chi connectivity index (χ0v) is 11.8. The number of carbonyl (C=O) groups is 1. The molecule has 2 rings (SSSR count). The van der Waals surface area contributed by atoms with Crippen LogP contribution >= 0.6 is 0 Å². The van der Waals surface area contributed by atoms with Gasteiger partial charge in [0.15, 0.2) is 11.4 Å². The number of carboxylic acids is 1. The molecule has 0 aliphatic heterocycles. The summed E-state index contributed by atoms with van der Waals surface area (Å²) in [6.07, 6.45) is 0. The molecule has 0 atom stereocenters. The lowest BCUT2D eigenvalue weighted by Gasteiger charge is -2.11. The summed E-state index contributed by atoms with van der Waals surface area (Å²) in [6.45, 7) is 6.10. The predicted octanol–water partition coefficient (Wildman–Crippen LogP) is 3.28. The summed E-state index contributed by atoms with van der Waals surface area (Å²) in [5.41, 5.74) is 3.92. The maximum absolute atomic E-state index is 11.2. The molecule has 0 saturated heterocycles. The van der Waals surface area contributed by atoms with Crippen LogP contribution in [0.2, 0.25) is 0 Å². The van der Waals surface area contributed by atoms with Crippen molar-refractivity contribution in [3.05, 3.63) is 58.4 Å². The first-order valence-corrected chi connectivity index (χ1v) is 6.37. The predicted molar refractivity (Wildman–Crippen MR) is 76.2 cm³/mol. The van der Waals surface area contributed by atoms with Crippen LogP contribution < -0.4 is 4.74 Å². The van der Waals surface area contributed by atoms with Gasteiger partial charge in [-0.05, 0) is 44.0 Å². The summed E-state index contributed by atoms with van der Waals surface area (Å²) >= 11 is 0. The van der Waals surface area contributed by atoms with Crippen molar-refractivity contribution in [2.24, 2.45) is 0 Å². The molecule has 1 heterocycles. The summed E-state index contributed by atoms with van der Waals surface area (Å²) in [6, 6.07) is 9.49. The largest absolute Gasteiger partial charge is 0.486 e. The van der Waals surface area contributed by atoms with Gasteiger partial charge < -0.3 is 9.84 Å². The highest BCUT2D eigenvalue weighted by atomic mass is 16.5. The molecule has 0 radical (unpaired) electrons. The van der Waals surface area contributed by atoms with Crippen LogP contribution in [-0.4, -0.2) is 16.1 Å². The van der Waals surface area contributed by atoms with Gasteiger partial charge in [0.25, 0.3) is 0 Å². The van der Waals surface area contributed by atoms with Crippen molar-refractivity contribution >= 4 is 5.97 Å². The minimum atomic E-state index is -1.08. The third-order valence-corrected chi connectivity index (χ3v) is 3.09. The molecule has 0 bridgehead atoms. The lowest BCUT2D eigenvalue weighted by atomic mass is 10.1. The molecular weight excluding hydrogens is 254 g/mol. The number of hydrogen-bond acceptors (Lipinski definition) is 3. The Bertz CT molecular complexity index is 650. The van der Waals surface area contributed by atoms with Crippen LogP contribution in [0.5, 0.6) is 5.75 Å². The summed E-state index contributed by atoms with van der Waals surface area (Å²) in [5, 5.41) is 9.14. The quantitative estimate of drug-likeness (QED) is 0.927. The van der Waals surface area contributed by atoms with E-state index in [1.54, 1.807) is 19.1 Å². The fourth-order valence-electron chi connectivity index (χ4n) is 1.92. The van der Waals surface area contributed by atoms with E-state index in [4.69, 9.17) is 9.84 Å². The average Bonchev–Trinajstić information content (AvgIpc) is 2.40. The van der Waals surface area contributed by atoms with Crippen molar-refractivity contribution in [2.75, 3.05) is 0 Å². The standard InChI is InChI=1S/C16H17NO3/c1-10-4-5-11(2)13(8-10)9-20-14-7-6-12(3)17-15(14)16(18)19/h4-8H,9H2,1-3H3,(H,18,19). The molecule has 0 aliphatic rings. The second-order valence-electron chi connectivity index (χ2n) is 4.82. The third kappa shape index (κ3) is 3.15. The van der Waals surface area contributed by atoms with Gasteiger partial charge in [0, 0.05) is 5.69 Å². The number of pyridine rings is 1. The molecule has 104 valence electrons. The normalized spacial score (nSPS) is 10.3. The third-order valence-electron chi connectivity index (χ3n) is 3.09. The van der Waals surface area contributed by atoms with Gasteiger partial charge in [0.05, 0.1) is 0 Å². The Morgan fingerprint density at radius 1 is 1.20 bits per heavy atom. The SMILES string of the molecule is Cc1ccc(C)c(COc2ccc(C)nc2C(=O)O)c1. The van der Waals surface area contributed by atoms with Gasteiger partial charge in [-0.15, -0.1) is 0 Å². The number of aryl methyl sites for hydroxylation is 3. The van der Waals surface area contributed by atoms with Gasteiger partial charge in [-0.25, -0.2) is 9.78 Å². The fourth-order valence-corrected chi connectivity index (χ4v) is 1.92. The van der Waals surface area contributed by atoms with Gasteiger partial charge in [-0.1, -0.05) is 23.8 Å². The second kappa shape index (κ2) is 5.74. The van der Waals surface area contributed by atoms with Crippen molar-refractivity contribution in [2.45, 2.75) is 27.4 Å². The number of benzene rings is 1. The topological polar surface area (TPSA) is 59.4 Å². The summed E-state index contributed by atoms with van der Waals surface area (Å²) in [5.74, 6) is -0.784. The molecule has 2 aromatic rings. The van der Waals surface area contributed by atoms with Crippen LogP contribution in [0, 0.1) is 20.8 Å². The van der Waals surface area contributed by atoms with Crippen LogP contribution in [0.15, 0.2) is 30.3 Å². The molecule has 20 heavy (non-hydrogen) atoms. The Labute approximate surface area is 118 Å². The molecule has 1 aromatic carbocycles. The monoisotopic (exact) mass is 271 g/mol. The van der Waals surface area contributed by atoms with Crippen LogP contribution in [-0.2, 0) is 6.61 Å². The minimum Gasteiger partial charge on any atom is -0.486 e.